The highest BCUT2D eigenvalue weighted by Crippen LogP contribution is 2.29. The minimum absolute atomic E-state index is 0.000705. The second-order valence-corrected chi connectivity index (χ2v) is 5.27. The number of nitrogens with two attached hydrogens (primary N) is 1. The number of ether oxygens (including phenoxy) is 1. The SMILES string of the molecule is Cc1cc(OC2CCCC(N)(CO)C2)ccc1F. The largest absolute Gasteiger partial charge is 0.490 e. The van der Waals surface area contributed by atoms with Crippen LogP contribution in [0, 0.1) is 12.7 Å². The van der Waals surface area contributed by atoms with Crippen LogP contribution >= 0.6 is 0 Å². The van der Waals surface area contributed by atoms with E-state index < -0.39 is 5.54 Å². The van der Waals surface area contributed by atoms with Crippen LogP contribution in [0.3, 0.4) is 0 Å². The van der Waals surface area contributed by atoms with Crippen LogP contribution in [0.15, 0.2) is 18.2 Å². The summed E-state index contributed by atoms with van der Waals surface area (Å²) in [6.45, 7) is 1.69. The van der Waals surface area contributed by atoms with E-state index in [4.69, 9.17) is 10.5 Å². The molecule has 0 radical (unpaired) electrons. The van der Waals surface area contributed by atoms with Crippen LogP contribution in [0.5, 0.6) is 5.75 Å². The van der Waals surface area contributed by atoms with Crippen molar-refractivity contribution >= 4 is 0 Å². The molecule has 1 aliphatic carbocycles. The molecule has 100 valence electrons. The first-order valence-corrected chi connectivity index (χ1v) is 6.35. The van der Waals surface area contributed by atoms with Crippen LogP contribution < -0.4 is 10.5 Å². The van der Waals surface area contributed by atoms with E-state index in [0.717, 1.165) is 19.3 Å². The van der Waals surface area contributed by atoms with Gasteiger partial charge < -0.3 is 15.6 Å². The summed E-state index contributed by atoms with van der Waals surface area (Å²) in [5.41, 5.74) is 6.11. The smallest absolute Gasteiger partial charge is 0.126 e. The van der Waals surface area contributed by atoms with Crippen molar-refractivity contribution in [3.05, 3.63) is 29.6 Å². The molecule has 1 fully saturated rings. The summed E-state index contributed by atoms with van der Waals surface area (Å²) in [6.07, 6.45) is 3.34. The second kappa shape index (κ2) is 5.24. The molecule has 18 heavy (non-hydrogen) atoms. The Hall–Kier alpha value is -1.13. The van der Waals surface area contributed by atoms with Crippen molar-refractivity contribution in [2.24, 2.45) is 5.73 Å². The summed E-state index contributed by atoms with van der Waals surface area (Å²) in [7, 11) is 0. The number of halogens is 1. The van der Waals surface area contributed by atoms with Crippen molar-refractivity contribution in [1.29, 1.82) is 0 Å². The Morgan fingerprint density at radius 1 is 1.56 bits per heavy atom. The molecule has 0 heterocycles. The van der Waals surface area contributed by atoms with E-state index in [2.05, 4.69) is 0 Å². The van der Waals surface area contributed by atoms with Gasteiger partial charge in [-0.2, -0.15) is 0 Å². The van der Waals surface area contributed by atoms with Gasteiger partial charge in [0.15, 0.2) is 0 Å². The molecule has 1 aromatic carbocycles. The van der Waals surface area contributed by atoms with Crippen LogP contribution in [0.2, 0.25) is 0 Å². The lowest BCUT2D eigenvalue weighted by Crippen LogP contribution is -2.50. The van der Waals surface area contributed by atoms with Gasteiger partial charge in [0, 0.05) is 12.0 Å². The van der Waals surface area contributed by atoms with E-state index in [1.165, 1.54) is 6.07 Å². The summed E-state index contributed by atoms with van der Waals surface area (Å²) in [4.78, 5) is 0. The van der Waals surface area contributed by atoms with Gasteiger partial charge in [0.1, 0.15) is 17.7 Å². The van der Waals surface area contributed by atoms with Gasteiger partial charge in [-0.3, -0.25) is 0 Å². The fourth-order valence-corrected chi connectivity index (χ4v) is 2.47. The molecule has 1 aromatic rings. The summed E-state index contributed by atoms with van der Waals surface area (Å²) in [6, 6.07) is 4.74. The third-order valence-corrected chi connectivity index (χ3v) is 3.58. The lowest BCUT2D eigenvalue weighted by Gasteiger charge is -2.36. The number of aliphatic hydroxyl groups excluding tert-OH is 1. The summed E-state index contributed by atoms with van der Waals surface area (Å²) >= 11 is 0. The molecule has 2 rings (SSSR count). The van der Waals surface area contributed by atoms with Crippen molar-refractivity contribution < 1.29 is 14.2 Å². The fraction of sp³-hybridized carbons (Fsp3) is 0.571. The summed E-state index contributed by atoms with van der Waals surface area (Å²) in [5, 5.41) is 9.28. The highest BCUT2D eigenvalue weighted by Gasteiger charge is 2.33. The second-order valence-electron chi connectivity index (χ2n) is 5.27. The van der Waals surface area contributed by atoms with Gasteiger partial charge >= 0.3 is 0 Å². The molecule has 0 bridgehead atoms. The normalized spacial score (nSPS) is 28.1. The standard InChI is InChI=1S/C14H20FNO2/c1-10-7-11(4-5-13(10)15)18-12-3-2-6-14(16,8-12)9-17/h4-5,7,12,17H,2-3,6,8-9,16H2,1H3. The lowest BCUT2D eigenvalue weighted by molar-refractivity contribution is 0.0728. The van der Waals surface area contributed by atoms with E-state index in [9.17, 15) is 9.50 Å². The Kier molecular flexibility index (Phi) is 3.88. The van der Waals surface area contributed by atoms with Crippen LogP contribution in [0.4, 0.5) is 4.39 Å². The highest BCUT2D eigenvalue weighted by molar-refractivity contribution is 5.29. The van der Waals surface area contributed by atoms with Crippen molar-refractivity contribution in [2.75, 3.05) is 6.61 Å². The maximum Gasteiger partial charge on any atom is 0.126 e. The Morgan fingerprint density at radius 3 is 3.00 bits per heavy atom. The van der Waals surface area contributed by atoms with E-state index in [1.54, 1.807) is 19.1 Å². The first-order chi connectivity index (χ1) is 8.52. The van der Waals surface area contributed by atoms with Gasteiger partial charge in [-0.1, -0.05) is 0 Å². The van der Waals surface area contributed by atoms with Gasteiger partial charge in [0.2, 0.25) is 0 Å². The number of rotatable bonds is 3. The average molecular weight is 253 g/mol. The fourth-order valence-electron chi connectivity index (χ4n) is 2.47. The van der Waals surface area contributed by atoms with Gasteiger partial charge in [0.25, 0.3) is 0 Å². The van der Waals surface area contributed by atoms with E-state index in [0.29, 0.717) is 17.7 Å². The molecule has 2 unspecified atom stereocenters. The zero-order valence-corrected chi connectivity index (χ0v) is 10.7. The third-order valence-electron chi connectivity index (χ3n) is 3.58. The monoisotopic (exact) mass is 253 g/mol. The summed E-state index contributed by atoms with van der Waals surface area (Å²) in [5.74, 6) is 0.440. The van der Waals surface area contributed by atoms with Crippen molar-refractivity contribution in [2.45, 2.75) is 44.2 Å². The number of benzene rings is 1. The number of hydrogen-bond donors (Lipinski definition) is 2. The third kappa shape index (κ3) is 3.00. The maximum absolute atomic E-state index is 13.1. The molecule has 0 aromatic heterocycles. The molecule has 0 aliphatic heterocycles. The Bertz CT molecular complexity index is 424. The zero-order chi connectivity index (χ0) is 13.2. The topological polar surface area (TPSA) is 55.5 Å². The minimum Gasteiger partial charge on any atom is -0.490 e. The predicted molar refractivity (Wildman–Crippen MR) is 68.0 cm³/mol. The molecule has 2 atom stereocenters. The molecular weight excluding hydrogens is 233 g/mol. The highest BCUT2D eigenvalue weighted by atomic mass is 19.1. The van der Waals surface area contributed by atoms with Crippen molar-refractivity contribution in [3.8, 4) is 5.75 Å². The summed E-state index contributed by atoms with van der Waals surface area (Å²) < 4.78 is 19.0. The van der Waals surface area contributed by atoms with Crippen LogP contribution in [-0.4, -0.2) is 23.4 Å². The van der Waals surface area contributed by atoms with Gasteiger partial charge in [-0.25, -0.2) is 4.39 Å². The molecule has 1 aliphatic rings. The molecule has 0 saturated heterocycles. The van der Waals surface area contributed by atoms with E-state index in [-0.39, 0.29) is 18.5 Å². The van der Waals surface area contributed by atoms with E-state index >= 15 is 0 Å². The van der Waals surface area contributed by atoms with Crippen molar-refractivity contribution in [1.82, 2.24) is 0 Å². The van der Waals surface area contributed by atoms with Gasteiger partial charge in [0.05, 0.1) is 6.61 Å². The first kappa shape index (κ1) is 13.3. The molecule has 3 N–H and O–H groups in total. The van der Waals surface area contributed by atoms with Crippen LogP contribution in [-0.2, 0) is 0 Å². The van der Waals surface area contributed by atoms with Crippen LogP contribution in [0.1, 0.15) is 31.2 Å². The van der Waals surface area contributed by atoms with Crippen LogP contribution in [0.25, 0.3) is 0 Å². The minimum atomic E-state index is -0.530. The Balaban J connectivity index is 2.02. The molecule has 3 nitrogen and oxygen atoms in total. The van der Waals surface area contributed by atoms with Gasteiger partial charge in [-0.15, -0.1) is 0 Å². The number of hydrogen-bond acceptors (Lipinski definition) is 3. The Labute approximate surface area is 107 Å². The van der Waals surface area contributed by atoms with E-state index in [1.807, 2.05) is 0 Å². The molecule has 1 saturated carbocycles. The number of aryl methyl sites for hydroxylation is 1. The molecule has 4 heteroatoms. The Morgan fingerprint density at radius 2 is 2.33 bits per heavy atom. The quantitative estimate of drug-likeness (QED) is 0.867. The average Bonchev–Trinajstić information content (AvgIpc) is 2.34. The number of aliphatic hydroxyl groups is 1. The maximum atomic E-state index is 13.1. The first-order valence-electron chi connectivity index (χ1n) is 6.35. The molecular formula is C14H20FNO2. The predicted octanol–water partition coefficient (Wildman–Crippen LogP) is 2.15. The zero-order valence-electron chi connectivity index (χ0n) is 10.7. The lowest BCUT2D eigenvalue weighted by atomic mass is 9.81. The molecule has 0 spiro atoms. The molecule has 0 amide bonds. The van der Waals surface area contributed by atoms with Crippen molar-refractivity contribution in [3.63, 3.8) is 0 Å². The van der Waals surface area contributed by atoms with Gasteiger partial charge in [-0.05, 0) is 49.9 Å².